The molecule has 3 aromatic rings. The summed E-state index contributed by atoms with van der Waals surface area (Å²) in [5, 5.41) is 10.7. The fourth-order valence-electron chi connectivity index (χ4n) is 3.64. The monoisotopic (exact) mass is 411 g/mol. The summed E-state index contributed by atoms with van der Waals surface area (Å²) in [6, 6.07) is 24.8. The molecule has 0 saturated carbocycles. The Labute approximate surface area is 180 Å². The van der Waals surface area contributed by atoms with E-state index in [0.29, 0.717) is 11.4 Å². The van der Waals surface area contributed by atoms with Gasteiger partial charge < -0.3 is 9.84 Å². The smallest absolute Gasteiger partial charge is 0.294 e. The first-order valence-corrected chi connectivity index (χ1v) is 9.83. The fourth-order valence-corrected chi connectivity index (χ4v) is 3.64. The maximum atomic E-state index is 13.1. The lowest BCUT2D eigenvalue weighted by atomic mass is 9.95. The third kappa shape index (κ3) is 3.98. The van der Waals surface area contributed by atoms with Crippen LogP contribution in [-0.2, 0) is 9.59 Å². The van der Waals surface area contributed by atoms with E-state index in [1.54, 1.807) is 37.5 Å². The number of allylic oxidation sites excluding steroid dienone is 1. The number of nitrogens with zero attached hydrogens (tertiary/aromatic N) is 1. The third-order valence-electron chi connectivity index (χ3n) is 5.17. The zero-order valence-electron chi connectivity index (χ0n) is 16.9. The number of carbonyl (C=O) groups excluding carboxylic acids is 2. The van der Waals surface area contributed by atoms with Gasteiger partial charge in [0, 0.05) is 5.69 Å². The van der Waals surface area contributed by atoms with E-state index < -0.39 is 23.5 Å². The molecule has 31 heavy (non-hydrogen) atoms. The number of benzene rings is 3. The Morgan fingerprint density at radius 2 is 1.55 bits per heavy atom. The van der Waals surface area contributed by atoms with Crippen molar-refractivity contribution in [3.05, 3.63) is 113 Å². The predicted molar refractivity (Wildman–Crippen MR) is 120 cm³/mol. The molecule has 1 aliphatic heterocycles. The van der Waals surface area contributed by atoms with Crippen LogP contribution < -0.4 is 9.64 Å². The van der Waals surface area contributed by atoms with Crippen molar-refractivity contribution in [2.75, 3.05) is 12.0 Å². The summed E-state index contributed by atoms with van der Waals surface area (Å²) in [5.41, 5.74) is 2.19. The molecule has 5 heteroatoms. The molecule has 0 radical (unpaired) electrons. The molecule has 3 aromatic carbocycles. The second-order valence-electron chi connectivity index (χ2n) is 7.06. The van der Waals surface area contributed by atoms with Crippen LogP contribution in [0.5, 0.6) is 5.75 Å². The number of aliphatic hydroxyl groups excluding tert-OH is 1. The zero-order chi connectivity index (χ0) is 21.8. The molecule has 0 saturated heterocycles. The Kier molecular flexibility index (Phi) is 5.67. The molecule has 154 valence electrons. The first-order chi connectivity index (χ1) is 15.1. The minimum atomic E-state index is -0.741. The Morgan fingerprint density at radius 1 is 0.935 bits per heavy atom. The third-order valence-corrected chi connectivity index (χ3v) is 5.17. The van der Waals surface area contributed by atoms with Gasteiger partial charge in [-0.1, -0.05) is 66.7 Å². The topological polar surface area (TPSA) is 66.8 Å². The van der Waals surface area contributed by atoms with Crippen molar-refractivity contribution in [1.82, 2.24) is 0 Å². The van der Waals surface area contributed by atoms with E-state index in [2.05, 4.69) is 0 Å². The minimum Gasteiger partial charge on any atom is -0.503 e. The summed E-state index contributed by atoms with van der Waals surface area (Å²) in [6.45, 7) is 0. The van der Waals surface area contributed by atoms with E-state index in [9.17, 15) is 14.7 Å². The largest absolute Gasteiger partial charge is 0.503 e. The van der Waals surface area contributed by atoms with E-state index in [4.69, 9.17) is 4.74 Å². The summed E-state index contributed by atoms with van der Waals surface area (Å²) in [4.78, 5) is 27.6. The van der Waals surface area contributed by atoms with Crippen LogP contribution in [0.4, 0.5) is 5.69 Å². The maximum absolute atomic E-state index is 13.1. The van der Waals surface area contributed by atoms with Crippen molar-refractivity contribution in [3.8, 4) is 5.75 Å². The second kappa shape index (κ2) is 8.71. The molecular weight excluding hydrogens is 390 g/mol. The van der Waals surface area contributed by atoms with Crippen molar-refractivity contribution < 1.29 is 19.4 Å². The molecule has 0 unspecified atom stereocenters. The van der Waals surface area contributed by atoms with Crippen molar-refractivity contribution in [2.24, 2.45) is 0 Å². The van der Waals surface area contributed by atoms with Crippen molar-refractivity contribution in [3.63, 3.8) is 0 Å². The maximum Gasteiger partial charge on any atom is 0.294 e. The summed E-state index contributed by atoms with van der Waals surface area (Å²) in [7, 11) is 1.56. The van der Waals surface area contributed by atoms with Crippen LogP contribution in [0.3, 0.4) is 0 Å². The number of methoxy groups -OCH3 is 1. The van der Waals surface area contributed by atoms with Gasteiger partial charge in [0.25, 0.3) is 5.91 Å². The fraction of sp³-hybridized carbons (Fsp3) is 0.0769. The van der Waals surface area contributed by atoms with Crippen LogP contribution in [0.25, 0.3) is 6.08 Å². The van der Waals surface area contributed by atoms with Gasteiger partial charge in [-0.05, 0) is 41.5 Å². The lowest BCUT2D eigenvalue weighted by Crippen LogP contribution is -2.30. The first-order valence-electron chi connectivity index (χ1n) is 9.83. The average molecular weight is 411 g/mol. The Hall–Kier alpha value is -4.12. The molecule has 5 nitrogen and oxygen atoms in total. The summed E-state index contributed by atoms with van der Waals surface area (Å²) < 4.78 is 5.20. The highest BCUT2D eigenvalue weighted by atomic mass is 16.5. The minimum absolute atomic E-state index is 0.0548. The number of amides is 1. The lowest BCUT2D eigenvalue weighted by Gasteiger charge is -2.26. The van der Waals surface area contributed by atoms with E-state index in [1.165, 1.54) is 11.0 Å². The number of hydrogen-bond donors (Lipinski definition) is 1. The van der Waals surface area contributed by atoms with E-state index in [-0.39, 0.29) is 5.57 Å². The van der Waals surface area contributed by atoms with Gasteiger partial charge in [0.1, 0.15) is 5.75 Å². The number of anilines is 1. The highest BCUT2D eigenvalue weighted by Gasteiger charge is 2.43. The predicted octanol–water partition coefficient (Wildman–Crippen LogP) is 4.88. The summed E-state index contributed by atoms with van der Waals surface area (Å²) >= 11 is 0. The molecule has 1 atom stereocenters. The van der Waals surface area contributed by atoms with Crippen LogP contribution in [0.2, 0.25) is 0 Å². The molecule has 0 aliphatic carbocycles. The summed E-state index contributed by atoms with van der Waals surface area (Å²) in [6.07, 6.45) is 3.06. The van der Waals surface area contributed by atoms with Crippen molar-refractivity contribution in [1.29, 1.82) is 0 Å². The Bertz CT molecular complexity index is 1150. The van der Waals surface area contributed by atoms with Crippen molar-refractivity contribution in [2.45, 2.75) is 6.04 Å². The molecule has 0 aromatic heterocycles. The van der Waals surface area contributed by atoms with Gasteiger partial charge >= 0.3 is 0 Å². The molecule has 1 N–H and O–H groups in total. The number of carbonyl (C=O) groups is 2. The van der Waals surface area contributed by atoms with Crippen LogP contribution >= 0.6 is 0 Å². The molecule has 0 bridgehead atoms. The number of ether oxygens (including phenoxy) is 1. The highest BCUT2D eigenvalue weighted by molar-refractivity contribution is 6.19. The van der Waals surface area contributed by atoms with Gasteiger partial charge in [-0.25, -0.2) is 0 Å². The molecule has 0 spiro atoms. The zero-order valence-corrected chi connectivity index (χ0v) is 16.9. The number of hydrogen-bond acceptors (Lipinski definition) is 4. The normalized spacial score (nSPS) is 16.2. The quantitative estimate of drug-likeness (QED) is 0.587. The second-order valence-corrected chi connectivity index (χ2v) is 7.06. The Morgan fingerprint density at radius 3 is 2.16 bits per heavy atom. The average Bonchev–Trinajstić information content (AvgIpc) is 3.09. The highest BCUT2D eigenvalue weighted by Crippen LogP contribution is 2.41. The standard InChI is InChI=1S/C26H21NO4/c1-31-21-15-13-20(14-16-21)27-24(19-10-6-3-7-11-19)23(25(29)26(27)30)22(28)17-12-18-8-4-2-5-9-18/h2-17,24,29H,1H3/t24-/m1/s1. The van der Waals surface area contributed by atoms with E-state index in [1.807, 2.05) is 60.7 Å². The van der Waals surface area contributed by atoms with Crippen LogP contribution in [0.15, 0.2) is 102 Å². The molecule has 4 rings (SSSR count). The molecule has 1 heterocycles. The molecule has 1 amide bonds. The van der Waals surface area contributed by atoms with Crippen LogP contribution in [0, 0.1) is 0 Å². The Balaban J connectivity index is 1.76. The van der Waals surface area contributed by atoms with Gasteiger partial charge in [0.05, 0.1) is 18.7 Å². The molecule has 1 aliphatic rings. The number of ketones is 1. The van der Waals surface area contributed by atoms with E-state index in [0.717, 1.165) is 11.1 Å². The summed E-state index contributed by atoms with van der Waals surface area (Å²) in [5.74, 6) is -0.923. The van der Waals surface area contributed by atoms with Gasteiger partial charge in [-0.2, -0.15) is 0 Å². The van der Waals surface area contributed by atoms with Gasteiger partial charge in [0.15, 0.2) is 11.5 Å². The SMILES string of the molecule is COc1ccc(N2C(=O)C(O)=C(C(=O)C=Cc3ccccc3)[C@H]2c2ccccc2)cc1. The molecular formula is C26H21NO4. The lowest BCUT2D eigenvalue weighted by molar-refractivity contribution is -0.117. The van der Waals surface area contributed by atoms with Crippen LogP contribution in [0.1, 0.15) is 17.2 Å². The molecule has 0 fully saturated rings. The number of aliphatic hydroxyl groups is 1. The van der Waals surface area contributed by atoms with Gasteiger partial charge in [-0.3, -0.25) is 14.5 Å². The van der Waals surface area contributed by atoms with Gasteiger partial charge in [0.2, 0.25) is 0 Å². The van der Waals surface area contributed by atoms with Crippen molar-refractivity contribution >= 4 is 23.5 Å². The van der Waals surface area contributed by atoms with E-state index >= 15 is 0 Å². The first kappa shape index (κ1) is 20.2. The van der Waals surface area contributed by atoms with Crippen LogP contribution in [-0.4, -0.2) is 23.9 Å². The number of rotatable bonds is 6. The van der Waals surface area contributed by atoms with Gasteiger partial charge in [-0.15, -0.1) is 0 Å².